The van der Waals surface area contributed by atoms with Crippen molar-refractivity contribution in [1.82, 2.24) is 0 Å². The molecule has 8 heteroatoms. The van der Waals surface area contributed by atoms with Crippen molar-refractivity contribution in [2.45, 2.75) is 89.4 Å². The number of ether oxygens (including phenoxy) is 6. The van der Waals surface area contributed by atoms with Crippen molar-refractivity contribution in [3.05, 3.63) is 0 Å². The second-order valence-corrected chi connectivity index (χ2v) is 8.14. The maximum atomic E-state index is 12.2. The Morgan fingerprint density at radius 3 is 1.43 bits per heavy atom. The predicted molar refractivity (Wildman–Crippen MR) is 95.5 cm³/mol. The molecule has 8 nitrogen and oxygen atoms in total. The van der Waals surface area contributed by atoms with Crippen molar-refractivity contribution < 1.29 is 38.0 Å². The van der Waals surface area contributed by atoms with Crippen molar-refractivity contribution in [1.29, 1.82) is 0 Å². The van der Waals surface area contributed by atoms with E-state index in [0.717, 1.165) is 0 Å². The molecule has 6 aliphatic rings. The second kappa shape index (κ2) is 7.23. The number of hydrogen-bond donors (Lipinski definition) is 0. The third-order valence-electron chi connectivity index (χ3n) is 6.57. The summed E-state index contributed by atoms with van der Waals surface area (Å²) in [5.74, 6) is -0.760. The van der Waals surface area contributed by atoms with Crippen molar-refractivity contribution in [3.8, 4) is 0 Å². The van der Waals surface area contributed by atoms with Gasteiger partial charge in [0.1, 0.15) is 36.6 Å². The Balaban J connectivity index is 0.000000961. The average molecular weight is 398 g/mol. The molecule has 6 heterocycles. The molecule has 6 saturated heterocycles. The zero-order valence-electron chi connectivity index (χ0n) is 14.3. The van der Waals surface area contributed by atoms with Gasteiger partial charge in [-0.25, -0.2) is 0 Å². The van der Waals surface area contributed by atoms with Crippen LogP contribution < -0.4 is 0 Å². The molecule has 0 aromatic heterocycles. The molecule has 158 valence electrons. The largest absolute Gasteiger partial charge is 0.465 e. The molecular weight excluding hydrogens is 368 g/mol. The summed E-state index contributed by atoms with van der Waals surface area (Å²) < 4.78 is 33.1. The minimum Gasteiger partial charge on any atom is -0.465 e. The Labute approximate surface area is 165 Å². The fourth-order valence-corrected chi connectivity index (χ4v) is 5.13. The summed E-state index contributed by atoms with van der Waals surface area (Å²) in [6, 6.07) is 0. The van der Waals surface area contributed by atoms with E-state index in [-0.39, 0.29) is 87.5 Å². The molecule has 10 atom stereocenters. The molecule has 28 heavy (non-hydrogen) atoms. The highest BCUT2D eigenvalue weighted by Gasteiger charge is 2.67. The lowest BCUT2D eigenvalue weighted by molar-refractivity contribution is -0.153. The number of fused-ring (bicyclic) bond motifs is 10. The number of hydrogen-bond acceptors (Lipinski definition) is 8. The molecular formula is C20H30O8. The molecule has 0 aliphatic carbocycles. The standard InChI is InChI=1S/C18H22O8.2CH4/c19-17(7-5-9-13-15(25-13)11(7)23-9)21-3-1-2-4-22-18(20)8-6-10-14-16(26-14)12(8)24-10;;/h7-16H,1-6H2;2*1H4. The fourth-order valence-electron chi connectivity index (χ4n) is 5.13. The van der Waals surface area contributed by atoms with E-state index in [1.54, 1.807) is 0 Å². The summed E-state index contributed by atoms with van der Waals surface area (Å²) >= 11 is 0. The van der Waals surface area contributed by atoms with Crippen LogP contribution in [0.2, 0.25) is 0 Å². The highest BCUT2D eigenvalue weighted by Crippen LogP contribution is 2.52. The van der Waals surface area contributed by atoms with Crippen LogP contribution in [-0.2, 0) is 38.0 Å². The van der Waals surface area contributed by atoms with E-state index in [2.05, 4.69) is 0 Å². The third-order valence-corrected chi connectivity index (χ3v) is 6.57. The first-order valence-corrected chi connectivity index (χ1v) is 9.66. The third kappa shape index (κ3) is 3.05. The molecule has 10 unspecified atom stereocenters. The second-order valence-electron chi connectivity index (χ2n) is 8.14. The summed E-state index contributed by atoms with van der Waals surface area (Å²) in [6.45, 7) is 0.683. The Kier molecular flexibility index (Phi) is 5.18. The summed E-state index contributed by atoms with van der Waals surface area (Å²) in [5.41, 5.74) is 0. The van der Waals surface area contributed by atoms with E-state index in [1.165, 1.54) is 0 Å². The highest BCUT2D eigenvalue weighted by molar-refractivity contribution is 5.75. The van der Waals surface area contributed by atoms with Gasteiger partial charge < -0.3 is 28.4 Å². The summed E-state index contributed by atoms with van der Waals surface area (Å²) in [4.78, 5) is 24.3. The lowest BCUT2D eigenvalue weighted by Crippen LogP contribution is -2.32. The van der Waals surface area contributed by atoms with Crippen LogP contribution in [0.25, 0.3) is 0 Å². The molecule has 4 bridgehead atoms. The van der Waals surface area contributed by atoms with Gasteiger partial charge in [-0.3, -0.25) is 9.59 Å². The molecule has 0 aromatic carbocycles. The minimum atomic E-state index is -0.193. The van der Waals surface area contributed by atoms with Gasteiger partial charge in [-0.1, -0.05) is 14.9 Å². The number of unbranched alkanes of at least 4 members (excludes halogenated alkanes) is 1. The predicted octanol–water partition coefficient (Wildman–Crippen LogP) is 1.23. The number of carbonyl (C=O) groups excluding carboxylic acids is 2. The van der Waals surface area contributed by atoms with Gasteiger partial charge in [-0.15, -0.1) is 0 Å². The van der Waals surface area contributed by atoms with E-state index in [1.807, 2.05) is 0 Å². The molecule has 6 fully saturated rings. The Hall–Kier alpha value is -1.22. The van der Waals surface area contributed by atoms with Gasteiger partial charge in [-0.05, 0) is 25.7 Å². The molecule has 0 radical (unpaired) electrons. The molecule has 0 aromatic rings. The number of esters is 2. The number of carbonyl (C=O) groups is 2. The SMILES string of the molecule is C.C.O=C(OCCCCOC(=O)C1CC2OC1C1OC21)C1CC2OC1C1OC21. The zero-order chi connectivity index (χ0) is 17.4. The van der Waals surface area contributed by atoms with Crippen LogP contribution in [0.1, 0.15) is 40.5 Å². The van der Waals surface area contributed by atoms with Crippen LogP contribution in [0.5, 0.6) is 0 Å². The highest BCUT2D eigenvalue weighted by atomic mass is 16.7. The lowest BCUT2D eigenvalue weighted by atomic mass is 9.89. The maximum absolute atomic E-state index is 12.2. The first kappa shape index (κ1) is 20.1. The summed E-state index contributed by atoms with van der Waals surface area (Å²) in [6.07, 6.45) is 3.34. The van der Waals surface area contributed by atoms with Gasteiger partial charge in [0.15, 0.2) is 0 Å². The summed E-state index contributed by atoms with van der Waals surface area (Å²) in [5, 5.41) is 0. The Bertz CT molecular complexity index is 584. The van der Waals surface area contributed by atoms with E-state index in [4.69, 9.17) is 28.4 Å². The van der Waals surface area contributed by atoms with Crippen molar-refractivity contribution in [2.75, 3.05) is 13.2 Å². The van der Waals surface area contributed by atoms with Crippen molar-refractivity contribution in [2.24, 2.45) is 11.8 Å². The Morgan fingerprint density at radius 2 is 1.07 bits per heavy atom. The normalized spacial score (nSPS) is 47.4. The van der Waals surface area contributed by atoms with Gasteiger partial charge in [0, 0.05) is 0 Å². The van der Waals surface area contributed by atoms with Crippen LogP contribution in [-0.4, -0.2) is 74.0 Å². The van der Waals surface area contributed by atoms with Crippen LogP contribution in [0.15, 0.2) is 0 Å². The van der Waals surface area contributed by atoms with Gasteiger partial charge in [-0.2, -0.15) is 0 Å². The molecule has 0 N–H and O–H groups in total. The van der Waals surface area contributed by atoms with E-state index < -0.39 is 0 Å². The topological polar surface area (TPSA) is 96.1 Å². The van der Waals surface area contributed by atoms with Crippen LogP contribution in [0, 0.1) is 11.8 Å². The molecule has 0 saturated carbocycles. The van der Waals surface area contributed by atoms with Crippen LogP contribution >= 0.6 is 0 Å². The maximum Gasteiger partial charge on any atom is 0.311 e. The summed E-state index contributed by atoms with van der Waals surface area (Å²) in [7, 11) is 0. The van der Waals surface area contributed by atoms with Gasteiger partial charge >= 0.3 is 11.9 Å². The van der Waals surface area contributed by atoms with Gasteiger partial charge in [0.25, 0.3) is 0 Å². The van der Waals surface area contributed by atoms with Crippen LogP contribution in [0.3, 0.4) is 0 Å². The van der Waals surface area contributed by atoms with Gasteiger partial charge in [0.05, 0.1) is 37.3 Å². The molecule has 6 aliphatic heterocycles. The monoisotopic (exact) mass is 398 g/mol. The minimum absolute atomic E-state index is 0. The first-order valence-electron chi connectivity index (χ1n) is 9.66. The fraction of sp³-hybridized carbons (Fsp3) is 0.900. The number of epoxide rings is 2. The quantitative estimate of drug-likeness (QED) is 0.359. The van der Waals surface area contributed by atoms with E-state index in [0.29, 0.717) is 38.9 Å². The molecule has 0 amide bonds. The zero-order valence-corrected chi connectivity index (χ0v) is 14.3. The van der Waals surface area contributed by atoms with Crippen LogP contribution in [0.4, 0.5) is 0 Å². The average Bonchev–Trinajstić information content (AvgIpc) is 3.48. The van der Waals surface area contributed by atoms with E-state index in [9.17, 15) is 9.59 Å². The molecule has 0 spiro atoms. The van der Waals surface area contributed by atoms with E-state index >= 15 is 0 Å². The number of rotatable bonds is 7. The van der Waals surface area contributed by atoms with Gasteiger partial charge in [0.2, 0.25) is 0 Å². The first-order chi connectivity index (χ1) is 12.7. The van der Waals surface area contributed by atoms with Crippen molar-refractivity contribution >= 4 is 11.9 Å². The lowest BCUT2D eigenvalue weighted by Gasteiger charge is -2.16. The smallest absolute Gasteiger partial charge is 0.311 e. The van der Waals surface area contributed by atoms with Crippen molar-refractivity contribution in [3.63, 3.8) is 0 Å². The Morgan fingerprint density at radius 1 is 0.643 bits per heavy atom. The molecule has 6 rings (SSSR count).